The monoisotopic (exact) mass is 385 g/mol. The first-order valence-corrected chi connectivity index (χ1v) is 8.23. The molecule has 1 N–H and O–H groups in total. The van der Waals surface area contributed by atoms with Crippen molar-refractivity contribution in [2.45, 2.75) is 20.2 Å². The number of nitrogens with one attached hydrogen (secondary N) is 1. The minimum absolute atomic E-state index is 0.151. The highest BCUT2D eigenvalue weighted by Crippen LogP contribution is 2.38. The smallest absolute Gasteiger partial charge is 0.404 e. The third kappa shape index (κ3) is 5.56. The highest BCUT2D eigenvalue weighted by atomic mass is 35.5. The number of aryl methyl sites for hydroxylation is 1. The highest BCUT2D eigenvalue weighted by Gasteiger charge is 2.32. The van der Waals surface area contributed by atoms with Crippen LogP contribution in [0.1, 0.15) is 12.5 Å². The van der Waals surface area contributed by atoms with Crippen LogP contribution in [0.5, 0.6) is 5.75 Å². The van der Waals surface area contributed by atoms with Crippen LogP contribution in [0.4, 0.5) is 30.2 Å². The lowest BCUT2D eigenvalue weighted by molar-refractivity contribution is -0.274. The summed E-state index contributed by atoms with van der Waals surface area (Å²) >= 11 is 6.38. The Morgan fingerprint density at radius 1 is 1.23 bits per heavy atom. The third-order valence-corrected chi connectivity index (χ3v) is 3.87. The van der Waals surface area contributed by atoms with E-state index in [1.165, 1.54) is 18.2 Å². The number of benzene rings is 2. The Balaban J connectivity index is 2.36. The van der Waals surface area contributed by atoms with Crippen LogP contribution in [-0.2, 0) is 0 Å². The maximum absolute atomic E-state index is 12.6. The molecule has 0 unspecified atom stereocenters. The number of nitrogens with zero attached hydrogens (tertiary/aromatic N) is 2. The summed E-state index contributed by atoms with van der Waals surface area (Å²) in [5.74, 6) is -0.339. The first kappa shape index (κ1) is 19.9. The van der Waals surface area contributed by atoms with Gasteiger partial charge in [-0.1, -0.05) is 23.7 Å². The van der Waals surface area contributed by atoms with E-state index in [1.54, 1.807) is 24.5 Å². The van der Waals surface area contributed by atoms with Crippen molar-refractivity contribution in [2.24, 2.45) is 4.99 Å². The second-order valence-electron chi connectivity index (χ2n) is 5.63. The van der Waals surface area contributed by atoms with E-state index in [-0.39, 0.29) is 11.4 Å². The first-order chi connectivity index (χ1) is 12.2. The third-order valence-electron chi connectivity index (χ3n) is 3.47. The molecular weight excluding hydrogens is 367 g/mol. The maximum atomic E-state index is 12.6. The molecule has 26 heavy (non-hydrogen) atoms. The topological polar surface area (TPSA) is 36.9 Å². The van der Waals surface area contributed by atoms with E-state index in [0.29, 0.717) is 16.4 Å². The van der Waals surface area contributed by atoms with Gasteiger partial charge in [0, 0.05) is 13.6 Å². The second kappa shape index (κ2) is 8.31. The van der Waals surface area contributed by atoms with Crippen LogP contribution in [0.25, 0.3) is 0 Å². The molecule has 2 aromatic carbocycles. The van der Waals surface area contributed by atoms with Crippen molar-refractivity contribution >= 4 is 35.0 Å². The standard InChI is InChI=1S/C18H19ClF3N3O/c1-4-25(3)11-23-14-9-12(2)10-15(17(14)19)24-13-7-5-6-8-16(13)26-18(20,21)22/h5-11,24H,4H2,1-3H3. The summed E-state index contributed by atoms with van der Waals surface area (Å²) in [4.78, 5) is 6.21. The van der Waals surface area contributed by atoms with Gasteiger partial charge < -0.3 is 15.0 Å². The number of alkyl halides is 3. The molecule has 0 saturated heterocycles. The summed E-state index contributed by atoms with van der Waals surface area (Å²) in [7, 11) is 1.87. The molecule has 0 aromatic heterocycles. The van der Waals surface area contributed by atoms with Gasteiger partial charge in [0.1, 0.15) is 0 Å². The van der Waals surface area contributed by atoms with Gasteiger partial charge in [0.15, 0.2) is 5.75 Å². The minimum Gasteiger partial charge on any atom is -0.404 e. The van der Waals surface area contributed by atoms with Crippen molar-refractivity contribution in [1.82, 2.24) is 4.90 Å². The van der Waals surface area contributed by atoms with Crippen LogP contribution in [0.3, 0.4) is 0 Å². The Bertz CT molecular complexity index is 794. The van der Waals surface area contributed by atoms with Crippen LogP contribution in [0.2, 0.25) is 5.02 Å². The van der Waals surface area contributed by atoms with Crippen LogP contribution >= 0.6 is 11.6 Å². The Kier molecular flexibility index (Phi) is 6.37. The summed E-state index contributed by atoms with van der Waals surface area (Å²) in [5.41, 5.74) is 1.97. The zero-order chi connectivity index (χ0) is 19.3. The van der Waals surface area contributed by atoms with Crippen LogP contribution in [0, 0.1) is 6.92 Å². The van der Waals surface area contributed by atoms with Gasteiger partial charge in [-0.3, -0.25) is 0 Å². The number of rotatable bonds is 6. The molecule has 0 aliphatic carbocycles. The molecule has 0 aliphatic heterocycles. The molecule has 0 radical (unpaired) electrons. The van der Waals surface area contributed by atoms with Crippen molar-refractivity contribution in [1.29, 1.82) is 0 Å². The summed E-state index contributed by atoms with van der Waals surface area (Å²) in [6.07, 6.45) is -3.14. The van der Waals surface area contributed by atoms with Gasteiger partial charge in [-0.25, -0.2) is 4.99 Å². The molecule has 2 rings (SSSR count). The molecule has 8 heteroatoms. The van der Waals surface area contributed by atoms with Crippen molar-refractivity contribution in [3.05, 3.63) is 47.0 Å². The largest absolute Gasteiger partial charge is 0.573 e. The quantitative estimate of drug-likeness (QED) is 0.496. The normalized spacial score (nSPS) is 11.7. The number of hydrogen-bond donors (Lipinski definition) is 1. The Hall–Kier alpha value is -2.41. The lowest BCUT2D eigenvalue weighted by atomic mass is 10.2. The predicted molar refractivity (Wildman–Crippen MR) is 99.1 cm³/mol. The SMILES string of the molecule is CCN(C)C=Nc1cc(C)cc(Nc2ccccc2OC(F)(F)F)c1Cl. The number of halogens is 4. The molecule has 0 fully saturated rings. The molecule has 0 saturated carbocycles. The molecule has 0 aliphatic rings. The van der Waals surface area contributed by atoms with Crippen molar-refractivity contribution < 1.29 is 17.9 Å². The Morgan fingerprint density at radius 2 is 1.92 bits per heavy atom. The fourth-order valence-corrected chi connectivity index (χ4v) is 2.31. The maximum Gasteiger partial charge on any atom is 0.573 e. The van der Waals surface area contributed by atoms with E-state index < -0.39 is 6.36 Å². The van der Waals surface area contributed by atoms with Gasteiger partial charge in [0.25, 0.3) is 0 Å². The summed E-state index contributed by atoms with van der Waals surface area (Å²) < 4.78 is 41.8. The van der Waals surface area contributed by atoms with Crippen molar-refractivity contribution in [2.75, 3.05) is 18.9 Å². The number of hydrogen-bond acceptors (Lipinski definition) is 3. The van der Waals surface area contributed by atoms with E-state index in [2.05, 4.69) is 15.0 Å². The van der Waals surface area contributed by atoms with E-state index >= 15 is 0 Å². The first-order valence-electron chi connectivity index (χ1n) is 7.86. The number of ether oxygens (including phenoxy) is 1. The Labute approximate surface area is 155 Å². The van der Waals surface area contributed by atoms with E-state index in [4.69, 9.17) is 11.6 Å². The predicted octanol–water partition coefficient (Wildman–Crippen LogP) is 5.90. The second-order valence-corrected chi connectivity index (χ2v) is 6.01. The number of para-hydroxylation sites is 2. The van der Waals surface area contributed by atoms with E-state index in [9.17, 15) is 13.2 Å². The minimum atomic E-state index is -4.78. The van der Waals surface area contributed by atoms with Crippen LogP contribution in [0.15, 0.2) is 41.4 Å². The van der Waals surface area contributed by atoms with Gasteiger partial charge in [-0.15, -0.1) is 13.2 Å². The molecule has 0 spiro atoms. The lowest BCUT2D eigenvalue weighted by Crippen LogP contribution is -2.17. The van der Waals surface area contributed by atoms with Gasteiger partial charge in [0.05, 0.1) is 28.4 Å². The number of anilines is 2. The molecule has 0 heterocycles. The van der Waals surface area contributed by atoms with E-state index in [1.807, 2.05) is 25.8 Å². The van der Waals surface area contributed by atoms with Gasteiger partial charge in [-0.2, -0.15) is 0 Å². The van der Waals surface area contributed by atoms with Gasteiger partial charge >= 0.3 is 6.36 Å². The average molecular weight is 386 g/mol. The van der Waals surface area contributed by atoms with Crippen LogP contribution < -0.4 is 10.1 Å². The molecule has 2 aromatic rings. The van der Waals surface area contributed by atoms with E-state index in [0.717, 1.165) is 12.1 Å². The summed E-state index contributed by atoms with van der Waals surface area (Å²) in [5, 5.41) is 3.21. The molecule has 0 atom stereocenters. The molecule has 0 bridgehead atoms. The summed E-state index contributed by atoms with van der Waals surface area (Å²) in [6.45, 7) is 4.61. The fourth-order valence-electron chi connectivity index (χ4n) is 2.11. The molecule has 140 valence electrons. The average Bonchev–Trinajstić information content (AvgIpc) is 2.56. The lowest BCUT2D eigenvalue weighted by Gasteiger charge is -2.16. The van der Waals surface area contributed by atoms with Gasteiger partial charge in [-0.05, 0) is 43.7 Å². The van der Waals surface area contributed by atoms with Gasteiger partial charge in [0.2, 0.25) is 0 Å². The highest BCUT2D eigenvalue weighted by molar-refractivity contribution is 6.36. The zero-order valence-electron chi connectivity index (χ0n) is 14.6. The molecule has 0 amide bonds. The zero-order valence-corrected chi connectivity index (χ0v) is 15.3. The van der Waals surface area contributed by atoms with Crippen LogP contribution in [-0.4, -0.2) is 31.2 Å². The molecular formula is C18H19ClF3N3O. The molecule has 4 nitrogen and oxygen atoms in total. The summed E-state index contributed by atoms with van der Waals surface area (Å²) in [6, 6.07) is 9.30. The van der Waals surface area contributed by atoms with Crippen molar-refractivity contribution in [3.8, 4) is 5.75 Å². The van der Waals surface area contributed by atoms with Crippen molar-refractivity contribution in [3.63, 3.8) is 0 Å². The fraction of sp³-hybridized carbons (Fsp3) is 0.278. The number of aliphatic imine (C=N–C) groups is 1. The Morgan fingerprint density at radius 3 is 2.58 bits per heavy atom.